The molecule has 3 nitrogen and oxygen atoms in total. The van der Waals surface area contributed by atoms with Gasteiger partial charge in [-0.25, -0.2) is 0 Å². The average molecular weight is 242 g/mol. The van der Waals surface area contributed by atoms with Crippen molar-refractivity contribution in [2.75, 3.05) is 0 Å². The molecule has 0 spiro atoms. The molecule has 0 amide bonds. The van der Waals surface area contributed by atoms with Gasteiger partial charge in [-0.3, -0.25) is 9.89 Å². The summed E-state index contributed by atoms with van der Waals surface area (Å²) in [5.41, 5.74) is 7.14. The standard InChI is InChI=1S/C15H18N2O/c1-8-9(2)11(4)14(12(5)10(8)3)15(18)13-6-7-16-17-13/h6-7H,1-5H3,(H,16,17). The summed E-state index contributed by atoms with van der Waals surface area (Å²) in [5, 5.41) is 6.59. The van der Waals surface area contributed by atoms with Crippen molar-refractivity contribution in [3.05, 3.63) is 51.3 Å². The zero-order valence-electron chi connectivity index (χ0n) is 11.5. The number of nitrogens with zero attached hydrogens (tertiary/aromatic N) is 1. The van der Waals surface area contributed by atoms with E-state index in [1.807, 2.05) is 13.8 Å². The van der Waals surface area contributed by atoms with Crippen LogP contribution in [0.2, 0.25) is 0 Å². The van der Waals surface area contributed by atoms with Gasteiger partial charge in [0.1, 0.15) is 5.69 Å². The van der Waals surface area contributed by atoms with Crippen LogP contribution in [0.1, 0.15) is 43.9 Å². The molecular formula is C15H18N2O. The Bertz CT molecular complexity index is 581. The minimum Gasteiger partial charge on any atom is -0.287 e. The summed E-state index contributed by atoms with van der Waals surface area (Å²) in [4.78, 5) is 12.5. The second-order valence-corrected chi connectivity index (χ2v) is 4.80. The molecule has 2 rings (SSSR count). The third kappa shape index (κ3) is 1.76. The van der Waals surface area contributed by atoms with Crippen LogP contribution < -0.4 is 0 Å². The highest BCUT2D eigenvalue weighted by Gasteiger charge is 2.19. The van der Waals surface area contributed by atoms with Crippen molar-refractivity contribution in [2.45, 2.75) is 34.6 Å². The van der Waals surface area contributed by atoms with Crippen molar-refractivity contribution in [1.82, 2.24) is 10.2 Å². The summed E-state index contributed by atoms with van der Waals surface area (Å²) in [6.45, 7) is 10.3. The van der Waals surface area contributed by atoms with Gasteiger partial charge in [-0.05, 0) is 68.5 Å². The van der Waals surface area contributed by atoms with Gasteiger partial charge in [0.2, 0.25) is 5.78 Å². The lowest BCUT2D eigenvalue weighted by Gasteiger charge is -2.17. The van der Waals surface area contributed by atoms with Crippen molar-refractivity contribution < 1.29 is 4.79 Å². The van der Waals surface area contributed by atoms with Gasteiger partial charge in [0.05, 0.1) is 0 Å². The van der Waals surface area contributed by atoms with Crippen LogP contribution in [0.4, 0.5) is 0 Å². The third-order valence-corrected chi connectivity index (χ3v) is 3.97. The molecule has 18 heavy (non-hydrogen) atoms. The number of ketones is 1. The lowest BCUT2D eigenvalue weighted by molar-refractivity contribution is 0.103. The number of hydrogen-bond donors (Lipinski definition) is 1. The first-order chi connectivity index (χ1) is 8.45. The van der Waals surface area contributed by atoms with Crippen LogP contribution in [0.3, 0.4) is 0 Å². The Hall–Kier alpha value is -1.90. The van der Waals surface area contributed by atoms with Gasteiger partial charge in [0.25, 0.3) is 0 Å². The lowest BCUT2D eigenvalue weighted by atomic mass is 9.87. The van der Waals surface area contributed by atoms with Gasteiger partial charge in [0.15, 0.2) is 0 Å². The fraction of sp³-hybridized carbons (Fsp3) is 0.333. The molecule has 0 unspecified atom stereocenters. The second-order valence-electron chi connectivity index (χ2n) is 4.80. The fourth-order valence-corrected chi connectivity index (χ4v) is 2.36. The van der Waals surface area contributed by atoms with Crippen LogP contribution in [0.25, 0.3) is 0 Å². The topological polar surface area (TPSA) is 45.8 Å². The van der Waals surface area contributed by atoms with E-state index in [0.29, 0.717) is 5.69 Å². The molecule has 1 aromatic heterocycles. The van der Waals surface area contributed by atoms with Crippen LogP contribution >= 0.6 is 0 Å². The van der Waals surface area contributed by atoms with Gasteiger partial charge < -0.3 is 0 Å². The molecule has 0 aliphatic rings. The number of benzene rings is 1. The van der Waals surface area contributed by atoms with E-state index in [1.165, 1.54) is 16.7 Å². The summed E-state index contributed by atoms with van der Waals surface area (Å²) in [7, 11) is 0. The minimum absolute atomic E-state index is 0.0219. The van der Waals surface area contributed by atoms with E-state index in [1.54, 1.807) is 12.3 Å². The van der Waals surface area contributed by atoms with Crippen molar-refractivity contribution in [3.63, 3.8) is 0 Å². The number of aromatic nitrogens is 2. The van der Waals surface area contributed by atoms with Crippen molar-refractivity contribution >= 4 is 5.78 Å². The quantitative estimate of drug-likeness (QED) is 0.822. The van der Waals surface area contributed by atoms with E-state index in [-0.39, 0.29) is 5.78 Å². The Morgan fingerprint density at radius 3 is 1.89 bits per heavy atom. The third-order valence-electron chi connectivity index (χ3n) is 3.97. The maximum absolute atomic E-state index is 12.5. The molecule has 0 aliphatic heterocycles. The number of aromatic amines is 1. The zero-order chi connectivity index (χ0) is 13.4. The predicted octanol–water partition coefficient (Wildman–Crippen LogP) is 3.18. The Kier molecular flexibility index (Phi) is 3.07. The molecule has 1 heterocycles. The first kappa shape index (κ1) is 12.6. The number of hydrogen-bond acceptors (Lipinski definition) is 2. The average Bonchev–Trinajstić information content (AvgIpc) is 2.88. The maximum Gasteiger partial charge on any atom is 0.211 e. The van der Waals surface area contributed by atoms with Gasteiger partial charge in [-0.1, -0.05) is 0 Å². The van der Waals surface area contributed by atoms with Gasteiger partial charge in [-0.2, -0.15) is 5.10 Å². The first-order valence-electron chi connectivity index (χ1n) is 6.06. The van der Waals surface area contributed by atoms with Crippen molar-refractivity contribution in [3.8, 4) is 0 Å². The van der Waals surface area contributed by atoms with Crippen LogP contribution in [0, 0.1) is 34.6 Å². The minimum atomic E-state index is 0.0219. The molecule has 0 radical (unpaired) electrons. The summed E-state index contributed by atoms with van der Waals surface area (Å²) in [5.74, 6) is 0.0219. The lowest BCUT2D eigenvalue weighted by Crippen LogP contribution is -2.11. The Morgan fingerprint density at radius 2 is 1.44 bits per heavy atom. The molecule has 2 aromatic rings. The van der Waals surface area contributed by atoms with E-state index in [2.05, 4.69) is 31.0 Å². The van der Waals surface area contributed by atoms with Crippen molar-refractivity contribution in [2.24, 2.45) is 0 Å². The number of carbonyl (C=O) groups excluding carboxylic acids is 1. The van der Waals surface area contributed by atoms with Crippen molar-refractivity contribution in [1.29, 1.82) is 0 Å². The van der Waals surface area contributed by atoms with Gasteiger partial charge in [-0.15, -0.1) is 0 Å². The number of carbonyl (C=O) groups is 1. The largest absolute Gasteiger partial charge is 0.287 e. The van der Waals surface area contributed by atoms with E-state index < -0.39 is 0 Å². The van der Waals surface area contributed by atoms with Crippen LogP contribution in [0.15, 0.2) is 12.3 Å². The summed E-state index contributed by atoms with van der Waals surface area (Å²) >= 11 is 0. The molecule has 0 saturated heterocycles. The Labute approximate surface area is 107 Å². The van der Waals surface area contributed by atoms with Crippen LogP contribution in [0.5, 0.6) is 0 Å². The van der Waals surface area contributed by atoms with E-state index >= 15 is 0 Å². The SMILES string of the molecule is Cc1c(C)c(C)c(C(=O)c2ccn[nH]2)c(C)c1C. The van der Waals surface area contributed by atoms with E-state index in [4.69, 9.17) is 0 Å². The summed E-state index contributed by atoms with van der Waals surface area (Å²) in [6, 6.07) is 1.71. The molecule has 0 fully saturated rings. The van der Waals surface area contributed by atoms with Crippen LogP contribution in [-0.2, 0) is 0 Å². The summed E-state index contributed by atoms with van der Waals surface area (Å²) in [6.07, 6.45) is 1.60. The normalized spacial score (nSPS) is 10.7. The zero-order valence-corrected chi connectivity index (χ0v) is 11.5. The molecular weight excluding hydrogens is 224 g/mol. The number of nitrogens with one attached hydrogen (secondary N) is 1. The highest BCUT2D eigenvalue weighted by atomic mass is 16.1. The van der Waals surface area contributed by atoms with Gasteiger partial charge in [0, 0.05) is 11.8 Å². The Morgan fingerprint density at radius 1 is 0.944 bits per heavy atom. The second kappa shape index (κ2) is 4.41. The van der Waals surface area contributed by atoms with E-state index in [0.717, 1.165) is 16.7 Å². The molecule has 94 valence electrons. The molecule has 1 N–H and O–H groups in total. The monoisotopic (exact) mass is 242 g/mol. The fourth-order valence-electron chi connectivity index (χ4n) is 2.36. The predicted molar refractivity (Wildman–Crippen MR) is 72.1 cm³/mol. The highest BCUT2D eigenvalue weighted by molar-refractivity contribution is 6.10. The Balaban J connectivity index is 2.69. The molecule has 0 atom stereocenters. The first-order valence-corrected chi connectivity index (χ1v) is 6.06. The molecule has 0 saturated carbocycles. The van der Waals surface area contributed by atoms with Crippen LogP contribution in [-0.4, -0.2) is 16.0 Å². The highest BCUT2D eigenvalue weighted by Crippen LogP contribution is 2.27. The van der Waals surface area contributed by atoms with Gasteiger partial charge >= 0.3 is 0 Å². The summed E-state index contributed by atoms with van der Waals surface area (Å²) < 4.78 is 0. The molecule has 0 bridgehead atoms. The smallest absolute Gasteiger partial charge is 0.211 e. The number of rotatable bonds is 2. The molecule has 0 aliphatic carbocycles. The maximum atomic E-state index is 12.5. The number of H-pyrrole nitrogens is 1. The molecule has 3 heteroatoms. The molecule has 1 aromatic carbocycles. The van der Waals surface area contributed by atoms with E-state index in [9.17, 15) is 4.79 Å².